The van der Waals surface area contributed by atoms with Gasteiger partial charge in [-0.2, -0.15) is 5.23 Å². The predicted molar refractivity (Wildman–Crippen MR) is 141 cm³/mol. The van der Waals surface area contributed by atoms with Crippen molar-refractivity contribution in [1.29, 1.82) is 0 Å². The molecule has 0 bridgehead atoms. The van der Waals surface area contributed by atoms with Crippen molar-refractivity contribution < 1.29 is 34.3 Å². The van der Waals surface area contributed by atoms with Gasteiger partial charge in [0.1, 0.15) is 11.5 Å². The monoisotopic (exact) mass is 531 g/mol. The van der Waals surface area contributed by atoms with Gasteiger partial charge >= 0.3 is 0 Å². The summed E-state index contributed by atoms with van der Waals surface area (Å²) in [6, 6.07) is 27.0. The summed E-state index contributed by atoms with van der Waals surface area (Å²) in [6.45, 7) is 0. The number of rotatable bonds is 3. The van der Waals surface area contributed by atoms with Crippen LogP contribution < -0.4 is 5.23 Å². The molecule has 0 saturated carbocycles. The van der Waals surface area contributed by atoms with E-state index in [1.54, 1.807) is 66.7 Å². The molecule has 4 aromatic rings. The van der Waals surface area contributed by atoms with Crippen molar-refractivity contribution in [3.8, 4) is 0 Å². The molecule has 1 saturated heterocycles. The van der Waals surface area contributed by atoms with Crippen molar-refractivity contribution in [2.45, 2.75) is 17.6 Å². The lowest BCUT2D eigenvalue weighted by Crippen LogP contribution is -2.99. The minimum atomic E-state index is -2.22. The third-order valence-corrected chi connectivity index (χ3v) is 8.43. The van der Waals surface area contributed by atoms with Gasteiger partial charge < -0.3 is 9.94 Å². The van der Waals surface area contributed by atoms with Crippen LogP contribution >= 0.6 is 0 Å². The summed E-state index contributed by atoms with van der Waals surface area (Å²) in [5.41, 5.74) is -2.80. The van der Waals surface area contributed by atoms with Crippen LogP contribution in [0.3, 0.4) is 0 Å². The van der Waals surface area contributed by atoms with Gasteiger partial charge in [0.25, 0.3) is 0 Å². The van der Waals surface area contributed by atoms with Gasteiger partial charge in [-0.15, -0.1) is 0 Å². The normalized spacial score (nSPS) is 22.6. The molecule has 7 rings (SSSR count). The van der Waals surface area contributed by atoms with E-state index in [0.29, 0.717) is 5.56 Å². The summed E-state index contributed by atoms with van der Waals surface area (Å²) in [6.07, 6.45) is -1.27. The van der Waals surface area contributed by atoms with Gasteiger partial charge in [0.05, 0.1) is 5.92 Å². The highest BCUT2D eigenvalue weighted by Crippen LogP contribution is 2.67. The Morgan fingerprint density at radius 1 is 0.600 bits per heavy atom. The maximum Gasteiger partial charge on any atom is 0.204 e. The molecule has 2 N–H and O–H groups in total. The van der Waals surface area contributed by atoms with Crippen molar-refractivity contribution in [2.24, 2.45) is 5.41 Å². The lowest BCUT2D eigenvalue weighted by Gasteiger charge is -2.34. The van der Waals surface area contributed by atoms with Crippen molar-refractivity contribution in [3.63, 3.8) is 0 Å². The van der Waals surface area contributed by atoms with Gasteiger partial charge in [-0.25, -0.2) is 5.21 Å². The second-order valence-electron chi connectivity index (χ2n) is 10.3. The molecule has 8 nitrogen and oxygen atoms in total. The fraction of sp³-hybridized carbons (Fsp3) is 0.125. The Hall–Kier alpha value is -4.60. The van der Waals surface area contributed by atoms with E-state index in [0.717, 1.165) is 0 Å². The Labute approximate surface area is 228 Å². The first-order valence-electron chi connectivity index (χ1n) is 12.8. The number of hydrogen-bond acceptors (Lipinski definition) is 7. The van der Waals surface area contributed by atoms with E-state index in [1.807, 2.05) is 0 Å². The molecule has 3 aliphatic rings. The van der Waals surface area contributed by atoms with E-state index in [1.165, 1.54) is 36.4 Å². The van der Waals surface area contributed by atoms with Crippen molar-refractivity contribution in [3.05, 3.63) is 142 Å². The Kier molecular flexibility index (Phi) is 5.16. The lowest BCUT2D eigenvalue weighted by atomic mass is 9.60. The second kappa shape index (κ2) is 8.45. The summed E-state index contributed by atoms with van der Waals surface area (Å²) in [5, 5.41) is 20.0. The van der Waals surface area contributed by atoms with E-state index < -0.39 is 51.4 Å². The number of carbonyl (C=O) groups is 4. The first-order valence-corrected chi connectivity index (χ1v) is 12.8. The fourth-order valence-corrected chi connectivity index (χ4v) is 6.77. The zero-order chi connectivity index (χ0) is 27.8. The second-order valence-corrected chi connectivity index (χ2v) is 10.3. The highest BCUT2D eigenvalue weighted by Gasteiger charge is 2.79. The summed E-state index contributed by atoms with van der Waals surface area (Å²) >= 11 is 0. The smallest absolute Gasteiger partial charge is 0.204 e. The molecular formula is C32H21NO7. The Morgan fingerprint density at radius 3 is 1.52 bits per heavy atom. The first kappa shape index (κ1) is 24.4. The minimum absolute atomic E-state index is 0.0231. The molecule has 196 valence electrons. The summed E-state index contributed by atoms with van der Waals surface area (Å²) in [4.78, 5) is 57.8. The molecule has 0 aromatic heterocycles. The van der Waals surface area contributed by atoms with Crippen molar-refractivity contribution in [1.82, 2.24) is 0 Å². The molecule has 4 aromatic carbocycles. The average Bonchev–Trinajstić information content (AvgIpc) is 3.52. The van der Waals surface area contributed by atoms with Crippen LogP contribution in [0.25, 0.3) is 0 Å². The molecule has 1 unspecified atom stereocenters. The van der Waals surface area contributed by atoms with E-state index in [4.69, 9.17) is 4.74 Å². The van der Waals surface area contributed by atoms with Gasteiger partial charge in [-0.1, -0.05) is 91.0 Å². The largest absolute Gasteiger partial charge is 0.595 e. The third-order valence-electron chi connectivity index (χ3n) is 8.43. The molecule has 3 atom stereocenters. The maximum atomic E-state index is 14.6. The Balaban J connectivity index is 1.57. The molecule has 40 heavy (non-hydrogen) atoms. The van der Waals surface area contributed by atoms with Crippen LogP contribution in [0.4, 0.5) is 5.69 Å². The SMILES string of the molecule is O=C1c2ccccc2C(=O)C12O[C@@H](c1ccccc1)C1(C(=O)c3ccccc3C1=O)[C@@H]2c1ccc([NH+]([O-])O)cc1. The Morgan fingerprint density at radius 2 is 1.05 bits per heavy atom. The number of ketones is 4. The first-order chi connectivity index (χ1) is 19.3. The maximum absolute atomic E-state index is 14.6. The highest BCUT2D eigenvalue weighted by atomic mass is 16.8. The van der Waals surface area contributed by atoms with Crippen LogP contribution in [0.15, 0.2) is 103 Å². The molecule has 1 heterocycles. The number of quaternary nitrogens is 1. The highest BCUT2D eigenvalue weighted by molar-refractivity contribution is 6.37. The molecule has 2 spiro atoms. The van der Waals surface area contributed by atoms with Gasteiger partial charge in [0.15, 0.2) is 17.3 Å². The summed E-state index contributed by atoms with van der Waals surface area (Å²) < 4.78 is 6.60. The topological polar surface area (TPSA) is 125 Å². The predicted octanol–water partition coefficient (Wildman–Crippen LogP) is 3.83. The van der Waals surface area contributed by atoms with Crippen molar-refractivity contribution in [2.75, 3.05) is 0 Å². The van der Waals surface area contributed by atoms with Crippen LogP contribution in [0.1, 0.15) is 64.6 Å². The van der Waals surface area contributed by atoms with Crippen LogP contribution in [0.5, 0.6) is 0 Å². The van der Waals surface area contributed by atoms with Gasteiger partial charge in [-0.05, 0) is 11.1 Å². The lowest BCUT2D eigenvalue weighted by molar-refractivity contribution is -0.991. The minimum Gasteiger partial charge on any atom is -0.595 e. The third kappa shape index (κ3) is 2.88. The zero-order valence-electron chi connectivity index (χ0n) is 20.9. The molecule has 2 aliphatic carbocycles. The van der Waals surface area contributed by atoms with Crippen LogP contribution in [-0.4, -0.2) is 33.9 Å². The summed E-state index contributed by atoms with van der Waals surface area (Å²) in [7, 11) is 0. The number of hydrogen-bond donors (Lipinski definition) is 2. The number of Topliss-reactive ketones (excluding diaryl/α,β-unsaturated/α-hetero) is 4. The molecule has 1 aliphatic heterocycles. The zero-order valence-corrected chi connectivity index (χ0v) is 20.9. The molecule has 1 fully saturated rings. The summed E-state index contributed by atoms with van der Waals surface area (Å²) in [5.74, 6) is -3.71. The number of ether oxygens (including phenoxy) is 1. The van der Waals surface area contributed by atoms with E-state index in [-0.39, 0.29) is 33.5 Å². The van der Waals surface area contributed by atoms with Crippen molar-refractivity contribution >= 4 is 28.8 Å². The van der Waals surface area contributed by atoms with Crippen LogP contribution in [-0.2, 0) is 4.74 Å². The van der Waals surface area contributed by atoms with E-state index >= 15 is 0 Å². The molecule has 8 heteroatoms. The quantitative estimate of drug-likeness (QED) is 0.304. The van der Waals surface area contributed by atoms with Gasteiger partial charge in [0, 0.05) is 34.4 Å². The van der Waals surface area contributed by atoms with Crippen LogP contribution in [0.2, 0.25) is 0 Å². The van der Waals surface area contributed by atoms with E-state index in [2.05, 4.69) is 0 Å². The number of benzene rings is 4. The number of carbonyl (C=O) groups excluding carboxylic acids is 4. The average molecular weight is 532 g/mol. The van der Waals surface area contributed by atoms with Crippen LogP contribution in [0, 0.1) is 10.6 Å². The molecular weight excluding hydrogens is 510 g/mol. The number of fused-ring (bicyclic) bond motifs is 2. The standard InChI is InChI=1S/C32H21NO7/c34-26-21-10-4-5-11-22(21)27(35)31(26)25(18-14-16-20(17-15-18)33(38)39)32(40-30(31)19-8-2-1-3-9-19)28(36)23-12-6-7-13-24(23)29(32)37/h1-17,25,30,33,38H/t25-,30-/m0/s1. The molecule has 0 amide bonds. The van der Waals surface area contributed by atoms with Gasteiger partial charge in [-0.3, -0.25) is 19.2 Å². The van der Waals surface area contributed by atoms with Gasteiger partial charge in [0.2, 0.25) is 17.2 Å². The molecule has 0 radical (unpaired) electrons. The van der Waals surface area contributed by atoms with E-state index in [9.17, 15) is 29.6 Å². The Bertz CT molecular complexity index is 1670. The number of nitrogens with one attached hydrogen (secondary N) is 1. The fourth-order valence-electron chi connectivity index (χ4n) is 6.77.